The van der Waals surface area contributed by atoms with Crippen LogP contribution in [-0.4, -0.2) is 12.1 Å². The molecule has 2 atom stereocenters. The molecular weight excluding hydrogens is 184 g/mol. The summed E-state index contributed by atoms with van der Waals surface area (Å²) in [6.07, 6.45) is 4.95. The van der Waals surface area contributed by atoms with Gasteiger partial charge in [0, 0.05) is 17.8 Å². The van der Waals surface area contributed by atoms with Crippen molar-refractivity contribution in [3.05, 3.63) is 29.8 Å². The first-order valence-corrected chi connectivity index (χ1v) is 5.84. The summed E-state index contributed by atoms with van der Waals surface area (Å²) in [6, 6.07) is 9.29. The van der Waals surface area contributed by atoms with Crippen LogP contribution in [0.3, 0.4) is 0 Å². The first-order chi connectivity index (χ1) is 7.25. The van der Waals surface area contributed by atoms with Crippen molar-refractivity contribution in [1.29, 1.82) is 0 Å². The largest absolute Gasteiger partial charge is 0.381 e. The van der Waals surface area contributed by atoms with Crippen LogP contribution < -0.4 is 11.1 Å². The molecule has 0 bridgehead atoms. The molecule has 0 aliphatic heterocycles. The molecule has 3 N–H and O–H groups in total. The molecule has 2 heteroatoms. The highest BCUT2D eigenvalue weighted by atomic mass is 15.0. The Morgan fingerprint density at radius 2 is 2.07 bits per heavy atom. The van der Waals surface area contributed by atoms with Gasteiger partial charge in [0.1, 0.15) is 0 Å². The Balaban J connectivity index is 2.01. The fourth-order valence-corrected chi connectivity index (χ4v) is 2.29. The van der Waals surface area contributed by atoms with Gasteiger partial charge in [-0.2, -0.15) is 0 Å². The molecular formula is C13H20N2. The van der Waals surface area contributed by atoms with Gasteiger partial charge in [-0.05, 0) is 37.5 Å². The highest BCUT2D eigenvalue weighted by Gasteiger charge is 2.21. The lowest BCUT2D eigenvalue weighted by Gasteiger charge is -2.30. The van der Waals surface area contributed by atoms with E-state index in [1.54, 1.807) is 0 Å². The number of nitrogens with one attached hydrogen (secondary N) is 1. The van der Waals surface area contributed by atoms with Crippen molar-refractivity contribution in [2.75, 3.05) is 5.32 Å². The van der Waals surface area contributed by atoms with Gasteiger partial charge >= 0.3 is 0 Å². The van der Waals surface area contributed by atoms with Crippen LogP contribution in [0.4, 0.5) is 5.69 Å². The van der Waals surface area contributed by atoms with Gasteiger partial charge in [0.2, 0.25) is 0 Å². The Labute approximate surface area is 91.9 Å². The number of benzene rings is 1. The Morgan fingerprint density at radius 1 is 1.27 bits per heavy atom. The second-order valence-electron chi connectivity index (χ2n) is 4.57. The molecule has 1 saturated carbocycles. The van der Waals surface area contributed by atoms with Gasteiger partial charge in [-0.1, -0.05) is 25.0 Å². The van der Waals surface area contributed by atoms with Gasteiger partial charge in [-0.3, -0.25) is 0 Å². The summed E-state index contributed by atoms with van der Waals surface area (Å²) < 4.78 is 0. The van der Waals surface area contributed by atoms with E-state index in [4.69, 9.17) is 5.73 Å². The topological polar surface area (TPSA) is 38.0 Å². The summed E-state index contributed by atoms with van der Waals surface area (Å²) in [5, 5.41) is 3.55. The highest BCUT2D eigenvalue weighted by molar-refractivity contribution is 5.46. The maximum atomic E-state index is 6.10. The third-order valence-corrected chi connectivity index (χ3v) is 3.19. The summed E-state index contributed by atoms with van der Waals surface area (Å²) >= 11 is 0. The van der Waals surface area contributed by atoms with E-state index in [2.05, 4.69) is 36.5 Å². The molecule has 2 nitrogen and oxygen atoms in total. The normalized spacial score (nSPS) is 26.3. The van der Waals surface area contributed by atoms with Gasteiger partial charge < -0.3 is 11.1 Å². The van der Waals surface area contributed by atoms with E-state index in [1.807, 2.05) is 0 Å². The summed E-state index contributed by atoms with van der Waals surface area (Å²) in [5.41, 5.74) is 8.60. The average Bonchev–Trinajstić information content (AvgIpc) is 2.22. The number of anilines is 1. The van der Waals surface area contributed by atoms with Crippen molar-refractivity contribution in [2.45, 2.75) is 44.7 Å². The molecule has 0 heterocycles. The Morgan fingerprint density at radius 3 is 2.80 bits per heavy atom. The Bertz CT molecular complexity index is 322. The molecule has 1 aromatic carbocycles. The van der Waals surface area contributed by atoms with Gasteiger partial charge in [0.15, 0.2) is 0 Å². The molecule has 2 unspecified atom stereocenters. The van der Waals surface area contributed by atoms with Crippen molar-refractivity contribution < 1.29 is 0 Å². The lowest BCUT2D eigenvalue weighted by atomic mass is 9.91. The molecule has 0 amide bonds. The van der Waals surface area contributed by atoms with Crippen LogP contribution >= 0.6 is 0 Å². The number of rotatable bonds is 2. The third kappa shape index (κ3) is 2.72. The Hall–Kier alpha value is -1.02. The highest BCUT2D eigenvalue weighted by Crippen LogP contribution is 2.21. The van der Waals surface area contributed by atoms with Gasteiger partial charge in [0.25, 0.3) is 0 Å². The number of hydrogen-bond acceptors (Lipinski definition) is 2. The molecule has 1 aliphatic carbocycles. The number of aryl methyl sites for hydroxylation is 1. The molecule has 0 spiro atoms. The van der Waals surface area contributed by atoms with Crippen LogP contribution in [0.5, 0.6) is 0 Å². The molecule has 0 aromatic heterocycles. The maximum Gasteiger partial charge on any atom is 0.0412 e. The molecule has 0 radical (unpaired) electrons. The van der Waals surface area contributed by atoms with Crippen molar-refractivity contribution in [3.63, 3.8) is 0 Å². The Kier molecular flexibility index (Phi) is 3.27. The zero-order valence-electron chi connectivity index (χ0n) is 9.37. The minimum atomic E-state index is 0.319. The van der Waals surface area contributed by atoms with Gasteiger partial charge in [-0.25, -0.2) is 0 Å². The smallest absolute Gasteiger partial charge is 0.0412 e. The number of hydrogen-bond donors (Lipinski definition) is 2. The van der Waals surface area contributed by atoms with Crippen molar-refractivity contribution in [1.82, 2.24) is 0 Å². The van der Waals surface area contributed by atoms with E-state index in [0.717, 1.165) is 6.42 Å². The fourth-order valence-electron chi connectivity index (χ4n) is 2.29. The maximum absolute atomic E-state index is 6.10. The SMILES string of the molecule is Cc1cccc(NC2CCCCC2N)c1. The van der Waals surface area contributed by atoms with Crippen LogP contribution in [0, 0.1) is 6.92 Å². The molecule has 82 valence electrons. The zero-order chi connectivity index (χ0) is 10.7. The molecule has 2 rings (SSSR count). The average molecular weight is 204 g/mol. The van der Waals surface area contributed by atoms with Crippen LogP contribution in [0.15, 0.2) is 24.3 Å². The predicted molar refractivity (Wildman–Crippen MR) is 65.0 cm³/mol. The van der Waals surface area contributed by atoms with E-state index in [-0.39, 0.29) is 0 Å². The van der Waals surface area contributed by atoms with E-state index < -0.39 is 0 Å². The lowest BCUT2D eigenvalue weighted by molar-refractivity contribution is 0.404. The van der Waals surface area contributed by atoms with Gasteiger partial charge in [0.05, 0.1) is 0 Å². The molecule has 1 aromatic rings. The monoisotopic (exact) mass is 204 g/mol. The van der Waals surface area contributed by atoms with Crippen LogP contribution in [-0.2, 0) is 0 Å². The summed E-state index contributed by atoms with van der Waals surface area (Å²) in [5.74, 6) is 0. The standard InChI is InChI=1S/C13H20N2/c1-10-5-4-6-11(9-10)15-13-8-3-2-7-12(13)14/h4-6,9,12-13,15H,2-3,7-8,14H2,1H3. The van der Waals surface area contributed by atoms with E-state index in [0.29, 0.717) is 12.1 Å². The molecule has 1 aliphatic rings. The van der Waals surface area contributed by atoms with Crippen molar-refractivity contribution in [3.8, 4) is 0 Å². The molecule has 15 heavy (non-hydrogen) atoms. The zero-order valence-corrected chi connectivity index (χ0v) is 9.37. The lowest BCUT2D eigenvalue weighted by Crippen LogP contribution is -2.42. The quantitative estimate of drug-likeness (QED) is 0.777. The van der Waals surface area contributed by atoms with Crippen LogP contribution in [0.25, 0.3) is 0 Å². The first kappa shape index (κ1) is 10.5. The number of nitrogens with two attached hydrogens (primary N) is 1. The van der Waals surface area contributed by atoms with Crippen molar-refractivity contribution in [2.24, 2.45) is 5.73 Å². The predicted octanol–water partition coefficient (Wildman–Crippen LogP) is 2.68. The van der Waals surface area contributed by atoms with Gasteiger partial charge in [-0.15, -0.1) is 0 Å². The minimum Gasteiger partial charge on any atom is -0.381 e. The van der Waals surface area contributed by atoms with E-state index in [1.165, 1.54) is 30.5 Å². The van der Waals surface area contributed by atoms with Crippen molar-refractivity contribution >= 4 is 5.69 Å². The molecule has 0 saturated heterocycles. The van der Waals surface area contributed by atoms with Crippen LogP contribution in [0.2, 0.25) is 0 Å². The second kappa shape index (κ2) is 4.67. The molecule has 1 fully saturated rings. The van der Waals surface area contributed by atoms with E-state index in [9.17, 15) is 0 Å². The van der Waals surface area contributed by atoms with E-state index >= 15 is 0 Å². The third-order valence-electron chi connectivity index (χ3n) is 3.19. The second-order valence-corrected chi connectivity index (χ2v) is 4.57. The first-order valence-electron chi connectivity index (χ1n) is 5.84. The fraction of sp³-hybridized carbons (Fsp3) is 0.538. The summed E-state index contributed by atoms with van der Waals surface area (Å²) in [7, 11) is 0. The summed E-state index contributed by atoms with van der Waals surface area (Å²) in [6.45, 7) is 2.12. The van der Waals surface area contributed by atoms with Crippen LogP contribution in [0.1, 0.15) is 31.2 Å². The summed E-state index contributed by atoms with van der Waals surface area (Å²) in [4.78, 5) is 0. The minimum absolute atomic E-state index is 0.319.